The molecule has 6 heteroatoms. The molecule has 0 saturated carbocycles. The average molecular weight is 202 g/mol. The molecule has 0 spiro atoms. The summed E-state index contributed by atoms with van der Waals surface area (Å²) in [5, 5.41) is 0. The lowest BCUT2D eigenvalue weighted by molar-refractivity contribution is -0.104. The van der Waals surface area contributed by atoms with Crippen molar-refractivity contribution < 1.29 is 26.7 Å². The van der Waals surface area contributed by atoms with Gasteiger partial charge in [-0.15, -0.1) is 0 Å². The third kappa shape index (κ3) is 1.99. The van der Waals surface area contributed by atoms with Gasteiger partial charge in [-0.05, 0) is 12.8 Å². The fourth-order valence-electron chi connectivity index (χ4n) is 1.13. The second kappa shape index (κ2) is 3.61. The molecule has 0 N–H and O–H groups in total. The molecule has 0 aromatic rings. The Labute approximate surface area is 71.2 Å². The summed E-state index contributed by atoms with van der Waals surface area (Å²) < 4.78 is 65.2. The number of halogens is 5. The molecule has 0 aliphatic carbocycles. The van der Waals surface area contributed by atoms with Crippen molar-refractivity contribution >= 4 is 0 Å². The summed E-state index contributed by atoms with van der Waals surface area (Å²) in [4.78, 5) is 0. The van der Waals surface area contributed by atoms with Gasteiger partial charge in [-0.3, -0.25) is 0 Å². The van der Waals surface area contributed by atoms with Crippen LogP contribution in [0, 0.1) is 0 Å². The molecule has 0 amide bonds. The first-order valence-corrected chi connectivity index (χ1v) is 3.67. The molecular formula is C7H7F5O. The molecule has 1 heterocycles. The molecule has 0 bridgehead atoms. The van der Waals surface area contributed by atoms with E-state index in [9.17, 15) is 22.0 Å². The lowest BCUT2D eigenvalue weighted by atomic mass is 10.1. The highest BCUT2D eigenvalue weighted by molar-refractivity contribution is 5.08. The summed E-state index contributed by atoms with van der Waals surface area (Å²) in [6.45, 7) is 0.0570. The number of rotatable bonds is 2. The zero-order valence-electron chi connectivity index (χ0n) is 6.50. The maximum Gasteiger partial charge on any atom is 0.329 e. The van der Waals surface area contributed by atoms with Crippen molar-refractivity contribution in [3.63, 3.8) is 0 Å². The van der Waals surface area contributed by atoms with Crippen molar-refractivity contribution in [1.29, 1.82) is 0 Å². The second-order valence-electron chi connectivity index (χ2n) is 2.70. The van der Waals surface area contributed by atoms with Crippen LogP contribution >= 0.6 is 0 Å². The van der Waals surface area contributed by atoms with Crippen LogP contribution in [0.1, 0.15) is 12.8 Å². The van der Waals surface area contributed by atoms with E-state index in [1.165, 1.54) is 0 Å². The number of hydrogen-bond donors (Lipinski definition) is 0. The Morgan fingerprint density at radius 1 is 1.23 bits per heavy atom. The van der Waals surface area contributed by atoms with E-state index in [0.717, 1.165) is 0 Å². The van der Waals surface area contributed by atoms with Crippen molar-refractivity contribution in [1.82, 2.24) is 0 Å². The fourth-order valence-corrected chi connectivity index (χ4v) is 1.13. The Hall–Kier alpha value is -0.650. The van der Waals surface area contributed by atoms with Gasteiger partial charge in [0.05, 0.1) is 0 Å². The molecule has 1 unspecified atom stereocenters. The lowest BCUT2D eigenvalue weighted by Gasteiger charge is -2.19. The standard InChI is InChI=1S/C7H7F5O/c8-5(6(9)10)7(11,12)4-2-1-3-13-4/h4H,1-3H2. The first kappa shape index (κ1) is 10.4. The quantitative estimate of drug-likeness (QED) is 0.625. The number of alkyl halides is 2. The van der Waals surface area contributed by atoms with E-state index >= 15 is 0 Å². The van der Waals surface area contributed by atoms with Crippen LogP contribution in [0.4, 0.5) is 22.0 Å². The van der Waals surface area contributed by atoms with Crippen LogP contribution in [0.3, 0.4) is 0 Å². The highest BCUT2D eigenvalue weighted by atomic mass is 19.3. The SMILES string of the molecule is FC(F)=C(F)C(F)(F)C1CCCO1. The lowest BCUT2D eigenvalue weighted by Crippen LogP contribution is -2.33. The van der Waals surface area contributed by atoms with Crippen LogP contribution in [0.5, 0.6) is 0 Å². The molecule has 0 aromatic carbocycles. The first-order chi connectivity index (χ1) is 5.96. The third-order valence-corrected chi connectivity index (χ3v) is 1.79. The van der Waals surface area contributed by atoms with Gasteiger partial charge in [0.15, 0.2) is 0 Å². The van der Waals surface area contributed by atoms with Gasteiger partial charge in [0.1, 0.15) is 6.10 Å². The van der Waals surface area contributed by atoms with Gasteiger partial charge < -0.3 is 4.74 Å². The predicted octanol–water partition coefficient (Wildman–Crippen LogP) is 2.88. The van der Waals surface area contributed by atoms with E-state index in [2.05, 4.69) is 4.74 Å². The van der Waals surface area contributed by atoms with Crippen molar-refractivity contribution in [2.24, 2.45) is 0 Å². The van der Waals surface area contributed by atoms with Crippen LogP contribution in [-0.4, -0.2) is 18.6 Å². The van der Waals surface area contributed by atoms with Crippen LogP contribution < -0.4 is 0 Å². The van der Waals surface area contributed by atoms with Crippen molar-refractivity contribution in [3.8, 4) is 0 Å². The van der Waals surface area contributed by atoms with E-state index < -0.39 is 23.9 Å². The van der Waals surface area contributed by atoms with Crippen molar-refractivity contribution in [3.05, 3.63) is 11.9 Å². The Morgan fingerprint density at radius 2 is 1.85 bits per heavy atom. The summed E-state index contributed by atoms with van der Waals surface area (Å²) in [5.41, 5.74) is 0. The van der Waals surface area contributed by atoms with Gasteiger partial charge in [0, 0.05) is 6.61 Å². The van der Waals surface area contributed by atoms with Crippen molar-refractivity contribution in [2.75, 3.05) is 6.61 Å². The van der Waals surface area contributed by atoms with Gasteiger partial charge in [-0.2, -0.15) is 22.0 Å². The zero-order chi connectivity index (χ0) is 10.1. The van der Waals surface area contributed by atoms with E-state index in [0.29, 0.717) is 6.42 Å². The van der Waals surface area contributed by atoms with E-state index in [1.54, 1.807) is 0 Å². The molecule has 1 aliphatic heterocycles. The summed E-state index contributed by atoms with van der Waals surface area (Å²) in [5.74, 6) is -6.88. The normalized spacial score (nSPS) is 23.3. The molecule has 1 aliphatic rings. The number of hydrogen-bond acceptors (Lipinski definition) is 1. The molecule has 1 atom stereocenters. The zero-order valence-corrected chi connectivity index (χ0v) is 6.50. The minimum atomic E-state index is -4.20. The maximum atomic E-state index is 12.7. The molecule has 76 valence electrons. The summed E-state index contributed by atoms with van der Waals surface area (Å²) in [6, 6.07) is 0. The minimum Gasteiger partial charge on any atom is -0.371 e. The number of ether oxygens (including phenoxy) is 1. The molecular weight excluding hydrogens is 195 g/mol. The monoisotopic (exact) mass is 202 g/mol. The van der Waals surface area contributed by atoms with Gasteiger partial charge >= 0.3 is 12.0 Å². The summed E-state index contributed by atoms with van der Waals surface area (Å²) in [7, 11) is 0. The van der Waals surface area contributed by atoms with E-state index in [-0.39, 0.29) is 13.0 Å². The van der Waals surface area contributed by atoms with Gasteiger partial charge in [-0.25, -0.2) is 0 Å². The molecule has 1 nitrogen and oxygen atoms in total. The third-order valence-electron chi connectivity index (χ3n) is 1.79. The molecule has 0 aromatic heterocycles. The molecule has 1 fully saturated rings. The second-order valence-corrected chi connectivity index (χ2v) is 2.70. The van der Waals surface area contributed by atoms with Crippen LogP contribution in [0.15, 0.2) is 11.9 Å². The summed E-state index contributed by atoms with van der Waals surface area (Å²) in [6.07, 6.45) is -4.51. The molecule has 1 saturated heterocycles. The van der Waals surface area contributed by atoms with Crippen molar-refractivity contribution in [2.45, 2.75) is 24.9 Å². The molecule has 0 radical (unpaired) electrons. The van der Waals surface area contributed by atoms with Gasteiger partial charge in [-0.1, -0.05) is 0 Å². The smallest absolute Gasteiger partial charge is 0.329 e. The van der Waals surface area contributed by atoms with Crippen LogP contribution in [0.25, 0.3) is 0 Å². The highest BCUT2D eigenvalue weighted by Gasteiger charge is 2.49. The maximum absolute atomic E-state index is 12.7. The highest BCUT2D eigenvalue weighted by Crippen LogP contribution is 2.37. The van der Waals surface area contributed by atoms with Gasteiger partial charge in [0.2, 0.25) is 5.83 Å². The predicted molar refractivity (Wildman–Crippen MR) is 34.3 cm³/mol. The first-order valence-electron chi connectivity index (χ1n) is 3.67. The van der Waals surface area contributed by atoms with Gasteiger partial charge in [0.25, 0.3) is 0 Å². The van der Waals surface area contributed by atoms with E-state index in [4.69, 9.17) is 0 Å². The molecule has 1 rings (SSSR count). The minimum absolute atomic E-state index is 0.0570. The Balaban J connectivity index is 2.80. The Kier molecular flexibility index (Phi) is 2.90. The average Bonchev–Trinajstić information content (AvgIpc) is 2.54. The fraction of sp³-hybridized carbons (Fsp3) is 0.714. The molecule has 13 heavy (non-hydrogen) atoms. The van der Waals surface area contributed by atoms with Crippen LogP contribution in [0.2, 0.25) is 0 Å². The summed E-state index contributed by atoms with van der Waals surface area (Å²) >= 11 is 0. The Bertz CT molecular complexity index is 215. The van der Waals surface area contributed by atoms with Crippen LogP contribution in [-0.2, 0) is 4.74 Å². The Morgan fingerprint density at radius 3 is 2.23 bits per heavy atom. The van der Waals surface area contributed by atoms with E-state index in [1.807, 2.05) is 0 Å². The topological polar surface area (TPSA) is 9.23 Å². The largest absolute Gasteiger partial charge is 0.371 e.